The Bertz CT molecular complexity index is 357. The smallest absolute Gasteiger partial charge is 0.354 e. The first-order valence-electron chi connectivity index (χ1n) is 4.54. The normalized spacial score (nSPS) is 10.0. The van der Waals surface area contributed by atoms with Crippen molar-refractivity contribution >= 4 is 23.5 Å². The third-order valence-corrected chi connectivity index (χ3v) is 2.55. The van der Waals surface area contributed by atoms with Crippen LogP contribution in [0.5, 0.6) is 0 Å². The third-order valence-electron chi connectivity index (χ3n) is 1.68. The lowest BCUT2D eigenvalue weighted by molar-refractivity contribution is 0.0690. The first-order chi connectivity index (χ1) is 7.17. The van der Waals surface area contributed by atoms with Gasteiger partial charge >= 0.3 is 5.97 Å². The maximum absolute atomic E-state index is 10.8. The Hall–Kier alpha value is -1.30. The minimum absolute atomic E-state index is 0.0288. The molecule has 0 bridgehead atoms. The zero-order valence-electron chi connectivity index (χ0n) is 8.65. The van der Waals surface area contributed by atoms with Gasteiger partial charge in [0.1, 0.15) is 11.6 Å². The fourth-order valence-electron chi connectivity index (χ4n) is 0.993. The Morgan fingerprint density at radius 3 is 2.87 bits per heavy atom. The fourth-order valence-corrected chi connectivity index (χ4v) is 1.51. The number of aromatic carboxylic acids is 1. The van der Waals surface area contributed by atoms with Crippen molar-refractivity contribution in [3.63, 3.8) is 0 Å². The van der Waals surface area contributed by atoms with Gasteiger partial charge in [-0.25, -0.2) is 14.8 Å². The minimum Gasteiger partial charge on any atom is -0.477 e. The summed E-state index contributed by atoms with van der Waals surface area (Å²) >= 11 is 1.66. The van der Waals surface area contributed by atoms with Crippen LogP contribution in [-0.2, 0) is 5.75 Å². The minimum atomic E-state index is -1.03. The van der Waals surface area contributed by atoms with Gasteiger partial charge < -0.3 is 10.4 Å². The molecule has 6 heteroatoms. The Kier molecular flexibility index (Phi) is 4.36. The molecule has 0 amide bonds. The fraction of sp³-hybridized carbons (Fsp3) is 0.444. The molecule has 15 heavy (non-hydrogen) atoms. The first-order valence-corrected chi connectivity index (χ1v) is 5.69. The molecule has 82 valence electrons. The van der Waals surface area contributed by atoms with Crippen LogP contribution in [0.15, 0.2) is 6.07 Å². The Labute approximate surface area is 92.3 Å². The number of carboxylic acids is 1. The Morgan fingerprint density at radius 2 is 2.33 bits per heavy atom. The number of carbonyl (C=O) groups is 1. The molecule has 0 unspecified atom stereocenters. The molecular weight excluding hydrogens is 214 g/mol. The van der Waals surface area contributed by atoms with Crippen LogP contribution in [0.25, 0.3) is 0 Å². The van der Waals surface area contributed by atoms with Crippen LogP contribution in [0, 0.1) is 0 Å². The summed E-state index contributed by atoms with van der Waals surface area (Å²) in [6.07, 6.45) is 0. The van der Waals surface area contributed by atoms with Crippen LogP contribution in [0.2, 0.25) is 0 Å². The van der Waals surface area contributed by atoms with Crippen LogP contribution in [0.4, 0.5) is 5.82 Å². The number of thioether (sulfide) groups is 1. The molecule has 1 aromatic heterocycles. The van der Waals surface area contributed by atoms with Crippen LogP contribution < -0.4 is 5.32 Å². The number of hydrogen-bond donors (Lipinski definition) is 2. The number of hydrogen-bond acceptors (Lipinski definition) is 5. The summed E-state index contributed by atoms with van der Waals surface area (Å²) in [7, 11) is 1.70. The summed E-state index contributed by atoms with van der Waals surface area (Å²) in [6, 6.07) is 1.42. The average Bonchev–Trinajstić information content (AvgIpc) is 2.25. The monoisotopic (exact) mass is 227 g/mol. The van der Waals surface area contributed by atoms with Gasteiger partial charge in [-0.2, -0.15) is 11.8 Å². The van der Waals surface area contributed by atoms with Crippen molar-refractivity contribution in [3.05, 3.63) is 17.6 Å². The molecule has 1 rings (SSSR count). The van der Waals surface area contributed by atoms with Gasteiger partial charge in [-0.05, 0) is 5.75 Å². The largest absolute Gasteiger partial charge is 0.477 e. The number of nitrogens with one attached hydrogen (secondary N) is 1. The van der Waals surface area contributed by atoms with E-state index in [0.29, 0.717) is 17.4 Å². The van der Waals surface area contributed by atoms with Crippen molar-refractivity contribution in [2.45, 2.75) is 12.7 Å². The van der Waals surface area contributed by atoms with Crippen LogP contribution in [0.1, 0.15) is 23.2 Å². The van der Waals surface area contributed by atoms with Gasteiger partial charge in [0.15, 0.2) is 5.69 Å². The molecule has 0 saturated carbocycles. The molecule has 0 atom stereocenters. The summed E-state index contributed by atoms with van der Waals surface area (Å²) in [5, 5.41) is 11.6. The first kappa shape index (κ1) is 11.8. The number of nitrogens with zero attached hydrogens (tertiary/aromatic N) is 2. The molecule has 1 heterocycles. The molecule has 0 spiro atoms. The highest BCUT2D eigenvalue weighted by atomic mass is 32.2. The SMILES string of the molecule is CCSCc1nc(NC)cc(C(=O)O)n1. The van der Waals surface area contributed by atoms with Crippen molar-refractivity contribution in [2.24, 2.45) is 0 Å². The summed E-state index contributed by atoms with van der Waals surface area (Å²) in [5.74, 6) is 1.64. The number of carboxylic acid groups (broad SMARTS) is 1. The van der Waals surface area contributed by atoms with E-state index in [4.69, 9.17) is 5.11 Å². The second-order valence-electron chi connectivity index (χ2n) is 2.75. The van der Waals surface area contributed by atoms with E-state index < -0.39 is 5.97 Å². The second-order valence-corrected chi connectivity index (χ2v) is 4.02. The van der Waals surface area contributed by atoms with E-state index in [1.807, 2.05) is 6.92 Å². The standard InChI is InChI=1S/C9H13N3O2S/c1-3-15-5-8-11-6(9(13)14)4-7(10-2)12-8/h4H,3,5H2,1-2H3,(H,13,14)(H,10,11,12). The van der Waals surface area contributed by atoms with Gasteiger partial charge in [0.2, 0.25) is 0 Å². The van der Waals surface area contributed by atoms with Crippen molar-refractivity contribution in [3.8, 4) is 0 Å². The van der Waals surface area contributed by atoms with Crippen LogP contribution in [0.3, 0.4) is 0 Å². The average molecular weight is 227 g/mol. The van der Waals surface area contributed by atoms with E-state index in [0.717, 1.165) is 5.75 Å². The summed E-state index contributed by atoms with van der Waals surface area (Å²) in [4.78, 5) is 18.9. The molecule has 2 N–H and O–H groups in total. The highest BCUT2D eigenvalue weighted by molar-refractivity contribution is 7.98. The van der Waals surface area contributed by atoms with E-state index in [2.05, 4.69) is 15.3 Å². The van der Waals surface area contributed by atoms with E-state index in [1.54, 1.807) is 18.8 Å². The van der Waals surface area contributed by atoms with Crippen molar-refractivity contribution in [1.82, 2.24) is 9.97 Å². The predicted molar refractivity (Wildman–Crippen MR) is 60.4 cm³/mol. The predicted octanol–water partition coefficient (Wildman–Crippen LogP) is 1.47. The van der Waals surface area contributed by atoms with Gasteiger partial charge in [0.25, 0.3) is 0 Å². The van der Waals surface area contributed by atoms with Gasteiger partial charge in [0.05, 0.1) is 5.75 Å². The molecule has 0 radical (unpaired) electrons. The lowest BCUT2D eigenvalue weighted by atomic mass is 10.4. The Balaban J connectivity index is 2.95. The molecule has 0 aliphatic rings. The van der Waals surface area contributed by atoms with E-state index in [1.165, 1.54) is 6.07 Å². The van der Waals surface area contributed by atoms with Crippen molar-refractivity contribution in [1.29, 1.82) is 0 Å². The quantitative estimate of drug-likeness (QED) is 0.793. The molecule has 0 aromatic carbocycles. The van der Waals surface area contributed by atoms with Gasteiger partial charge in [-0.15, -0.1) is 0 Å². The number of rotatable bonds is 5. The molecule has 1 aromatic rings. The number of aromatic nitrogens is 2. The van der Waals surface area contributed by atoms with Gasteiger partial charge in [-0.3, -0.25) is 0 Å². The molecule has 0 fully saturated rings. The number of anilines is 1. The highest BCUT2D eigenvalue weighted by Crippen LogP contribution is 2.12. The van der Waals surface area contributed by atoms with Gasteiger partial charge in [-0.1, -0.05) is 6.92 Å². The summed E-state index contributed by atoms with van der Waals surface area (Å²) < 4.78 is 0. The van der Waals surface area contributed by atoms with E-state index >= 15 is 0 Å². The maximum atomic E-state index is 10.8. The summed E-state index contributed by atoms with van der Waals surface area (Å²) in [5.41, 5.74) is 0.0288. The maximum Gasteiger partial charge on any atom is 0.354 e. The Morgan fingerprint density at radius 1 is 1.60 bits per heavy atom. The lowest BCUT2D eigenvalue weighted by Gasteiger charge is -2.04. The second kappa shape index (κ2) is 5.55. The molecule has 0 saturated heterocycles. The molecule has 0 aliphatic carbocycles. The lowest BCUT2D eigenvalue weighted by Crippen LogP contribution is -2.07. The van der Waals surface area contributed by atoms with Crippen LogP contribution >= 0.6 is 11.8 Å². The zero-order chi connectivity index (χ0) is 11.3. The third kappa shape index (κ3) is 3.39. The van der Waals surface area contributed by atoms with Crippen molar-refractivity contribution in [2.75, 3.05) is 18.1 Å². The zero-order valence-corrected chi connectivity index (χ0v) is 9.47. The molecule has 0 aliphatic heterocycles. The van der Waals surface area contributed by atoms with Crippen molar-refractivity contribution < 1.29 is 9.90 Å². The summed E-state index contributed by atoms with van der Waals surface area (Å²) in [6.45, 7) is 2.03. The highest BCUT2D eigenvalue weighted by Gasteiger charge is 2.09. The molecular formula is C9H13N3O2S. The molecule has 5 nitrogen and oxygen atoms in total. The van der Waals surface area contributed by atoms with Crippen LogP contribution in [-0.4, -0.2) is 33.8 Å². The topological polar surface area (TPSA) is 75.1 Å². The van der Waals surface area contributed by atoms with E-state index in [-0.39, 0.29) is 5.69 Å². The van der Waals surface area contributed by atoms with E-state index in [9.17, 15) is 4.79 Å². The van der Waals surface area contributed by atoms with Gasteiger partial charge in [0, 0.05) is 13.1 Å².